The molecule has 156 valence electrons. The summed E-state index contributed by atoms with van der Waals surface area (Å²) in [5, 5.41) is 11.7. The molecule has 1 aliphatic rings. The molecule has 0 atom stereocenters. The number of likely N-dealkylation sites (N-methyl/N-ethyl adjacent to an activating group) is 1. The number of aliphatic carboxylic acids is 1. The summed E-state index contributed by atoms with van der Waals surface area (Å²) in [4.78, 5) is 26.3. The number of carbonyl (C=O) groups excluding carboxylic acids is 1. The van der Waals surface area contributed by atoms with Crippen molar-refractivity contribution in [2.45, 2.75) is 12.8 Å². The van der Waals surface area contributed by atoms with Crippen LogP contribution in [0.4, 0.5) is 5.69 Å². The number of nitrogens with one attached hydrogen (secondary N) is 1. The maximum absolute atomic E-state index is 11.6. The highest BCUT2D eigenvalue weighted by Crippen LogP contribution is 2.16. The lowest BCUT2D eigenvalue weighted by molar-refractivity contribution is -0.135. The molecule has 1 aliphatic heterocycles. The molecule has 1 amide bonds. The van der Waals surface area contributed by atoms with Crippen LogP contribution in [0.3, 0.4) is 0 Å². The average Bonchev–Trinajstić information content (AvgIpc) is 2.71. The molecular formula is C22H29N3O3S. The molecule has 2 rings (SSSR count). The van der Waals surface area contributed by atoms with Gasteiger partial charge in [0.25, 0.3) is 0 Å². The van der Waals surface area contributed by atoms with Gasteiger partial charge in [0.15, 0.2) is 0 Å². The zero-order valence-corrected chi connectivity index (χ0v) is 17.6. The van der Waals surface area contributed by atoms with Crippen molar-refractivity contribution in [1.82, 2.24) is 10.2 Å². The van der Waals surface area contributed by atoms with Gasteiger partial charge in [-0.2, -0.15) is 12.6 Å². The van der Waals surface area contributed by atoms with Crippen LogP contribution in [0.2, 0.25) is 0 Å². The lowest BCUT2D eigenvalue weighted by Gasteiger charge is -2.21. The number of carboxylic acid groups (broad SMARTS) is 1. The Hall–Kier alpha value is -2.67. The summed E-state index contributed by atoms with van der Waals surface area (Å²) >= 11 is 4.08. The van der Waals surface area contributed by atoms with Gasteiger partial charge in [0.05, 0.1) is 0 Å². The van der Waals surface area contributed by atoms with Gasteiger partial charge in [-0.05, 0) is 42.0 Å². The first kappa shape index (κ1) is 22.6. The molecule has 2 N–H and O–H groups in total. The number of hydrogen-bond acceptors (Lipinski definition) is 5. The van der Waals surface area contributed by atoms with Gasteiger partial charge < -0.3 is 20.2 Å². The third-order valence-electron chi connectivity index (χ3n) is 4.50. The van der Waals surface area contributed by atoms with Crippen molar-refractivity contribution in [3.05, 3.63) is 59.8 Å². The predicted molar refractivity (Wildman–Crippen MR) is 121 cm³/mol. The SMILES string of the molecule is CN(CC(=O)O)c1ccc(/C=C/C2=CCN(CCCC(=O)NCCS)C=C2)cc1. The summed E-state index contributed by atoms with van der Waals surface area (Å²) in [7, 11) is 1.76. The molecule has 0 unspecified atom stereocenters. The van der Waals surface area contributed by atoms with Gasteiger partial charge in [0.1, 0.15) is 6.54 Å². The van der Waals surface area contributed by atoms with Gasteiger partial charge >= 0.3 is 5.97 Å². The fourth-order valence-electron chi connectivity index (χ4n) is 2.89. The molecule has 1 aromatic rings. The lowest BCUT2D eigenvalue weighted by atomic mass is 10.1. The first-order chi connectivity index (χ1) is 14.0. The molecule has 0 saturated heterocycles. The molecule has 0 aromatic heterocycles. The van der Waals surface area contributed by atoms with E-state index in [4.69, 9.17) is 5.11 Å². The molecule has 6 nitrogen and oxygen atoms in total. The Labute approximate surface area is 178 Å². The van der Waals surface area contributed by atoms with Crippen LogP contribution in [-0.4, -0.2) is 60.9 Å². The van der Waals surface area contributed by atoms with Gasteiger partial charge in [0.2, 0.25) is 5.91 Å². The molecular weight excluding hydrogens is 386 g/mol. The normalized spacial score (nSPS) is 13.4. The standard InChI is InChI=1S/C22H29N3O3S/c1-24(17-22(27)28)20-8-6-18(7-9-20)4-5-19-10-14-25(15-11-19)13-2-3-21(26)23-12-16-29/h4-11,14,29H,2-3,12-13,15-17H2,1H3,(H,23,26)(H,27,28)/b5-4+. The minimum absolute atomic E-state index is 0.0241. The van der Waals surface area contributed by atoms with Crippen molar-refractivity contribution < 1.29 is 14.7 Å². The van der Waals surface area contributed by atoms with Crippen molar-refractivity contribution in [3.8, 4) is 0 Å². The number of allylic oxidation sites excluding steroid dienone is 3. The van der Waals surface area contributed by atoms with Gasteiger partial charge in [-0.1, -0.05) is 30.4 Å². The van der Waals surface area contributed by atoms with Crippen molar-refractivity contribution in [2.24, 2.45) is 0 Å². The monoisotopic (exact) mass is 415 g/mol. The summed E-state index contributed by atoms with van der Waals surface area (Å²) in [5.74, 6) is -0.106. The van der Waals surface area contributed by atoms with E-state index in [2.05, 4.69) is 47.3 Å². The van der Waals surface area contributed by atoms with E-state index in [1.807, 2.05) is 30.3 Å². The van der Waals surface area contributed by atoms with Crippen LogP contribution in [0.1, 0.15) is 18.4 Å². The number of amides is 1. The van der Waals surface area contributed by atoms with E-state index in [1.165, 1.54) is 0 Å². The Morgan fingerprint density at radius 1 is 1.28 bits per heavy atom. The van der Waals surface area contributed by atoms with Crippen molar-refractivity contribution in [3.63, 3.8) is 0 Å². The zero-order chi connectivity index (χ0) is 21.1. The molecule has 0 fully saturated rings. The fourth-order valence-corrected chi connectivity index (χ4v) is 3.00. The van der Waals surface area contributed by atoms with Crippen LogP contribution in [-0.2, 0) is 9.59 Å². The third-order valence-corrected chi connectivity index (χ3v) is 4.72. The molecule has 0 radical (unpaired) electrons. The highest BCUT2D eigenvalue weighted by Gasteiger charge is 2.06. The number of benzene rings is 1. The average molecular weight is 416 g/mol. The van der Waals surface area contributed by atoms with Crippen molar-refractivity contribution >= 4 is 36.3 Å². The Morgan fingerprint density at radius 3 is 2.66 bits per heavy atom. The smallest absolute Gasteiger partial charge is 0.323 e. The van der Waals surface area contributed by atoms with Crippen LogP contribution in [0.25, 0.3) is 6.08 Å². The molecule has 0 aliphatic carbocycles. The number of rotatable bonds is 11. The summed E-state index contributed by atoms with van der Waals surface area (Å²) in [5.41, 5.74) is 3.07. The minimum Gasteiger partial charge on any atom is -0.480 e. The fraction of sp³-hybridized carbons (Fsp3) is 0.364. The Bertz CT molecular complexity index is 772. The van der Waals surface area contributed by atoms with Crippen molar-refractivity contribution in [1.29, 1.82) is 0 Å². The Kier molecular flexibility index (Phi) is 9.37. The van der Waals surface area contributed by atoms with E-state index in [0.29, 0.717) is 18.7 Å². The second-order valence-corrected chi connectivity index (χ2v) is 7.31. The van der Waals surface area contributed by atoms with Crippen LogP contribution in [0, 0.1) is 0 Å². The topological polar surface area (TPSA) is 72.9 Å². The van der Waals surface area contributed by atoms with E-state index in [-0.39, 0.29) is 12.5 Å². The van der Waals surface area contributed by atoms with Crippen molar-refractivity contribution in [2.75, 3.05) is 43.9 Å². The second kappa shape index (κ2) is 12.0. The number of carboxylic acids is 1. The molecule has 7 heteroatoms. The summed E-state index contributed by atoms with van der Waals surface area (Å²) < 4.78 is 0. The molecule has 0 spiro atoms. The van der Waals surface area contributed by atoms with Crippen LogP contribution < -0.4 is 10.2 Å². The molecule has 1 heterocycles. The number of hydrogen-bond donors (Lipinski definition) is 3. The van der Waals surface area contributed by atoms with E-state index in [9.17, 15) is 9.59 Å². The quantitative estimate of drug-likeness (QED) is 0.485. The summed E-state index contributed by atoms with van der Waals surface area (Å²) in [6, 6.07) is 7.79. The molecule has 0 bridgehead atoms. The van der Waals surface area contributed by atoms with E-state index >= 15 is 0 Å². The van der Waals surface area contributed by atoms with Gasteiger partial charge in [-0.15, -0.1) is 0 Å². The van der Waals surface area contributed by atoms with Crippen LogP contribution in [0.15, 0.2) is 54.3 Å². The molecule has 29 heavy (non-hydrogen) atoms. The third kappa shape index (κ3) is 8.48. The number of thiol groups is 1. The Balaban J connectivity index is 1.76. The van der Waals surface area contributed by atoms with Crippen LogP contribution in [0.5, 0.6) is 0 Å². The number of carbonyl (C=O) groups is 2. The number of nitrogens with zero attached hydrogens (tertiary/aromatic N) is 2. The highest BCUT2D eigenvalue weighted by atomic mass is 32.1. The first-order valence-corrected chi connectivity index (χ1v) is 10.3. The van der Waals surface area contributed by atoms with Gasteiger partial charge in [-0.3, -0.25) is 9.59 Å². The number of anilines is 1. The minimum atomic E-state index is -0.849. The zero-order valence-electron chi connectivity index (χ0n) is 16.8. The maximum Gasteiger partial charge on any atom is 0.323 e. The van der Waals surface area contributed by atoms with Gasteiger partial charge in [0, 0.05) is 44.5 Å². The second-order valence-electron chi connectivity index (χ2n) is 6.87. The van der Waals surface area contributed by atoms with Crippen LogP contribution >= 0.6 is 12.6 Å². The lowest BCUT2D eigenvalue weighted by Crippen LogP contribution is -2.27. The van der Waals surface area contributed by atoms with E-state index < -0.39 is 5.97 Å². The van der Waals surface area contributed by atoms with E-state index in [0.717, 1.165) is 36.3 Å². The maximum atomic E-state index is 11.6. The molecule has 0 saturated carbocycles. The largest absolute Gasteiger partial charge is 0.480 e. The highest BCUT2D eigenvalue weighted by molar-refractivity contribution is 7.80. The summed E-state index contributed by atoms with van der Waals surface area (Å²) in [6.07, 6.45) is 11.8. The summed E-state index contributed by atoms with van der Waals surface area (Å²) in [6.45, 7) is 2.27. The molecule has 1 aromatic carbocycles. The Morgan fingerprint density at radius 2 is 2.03 bits per heavy atom. The van der Waals surface area contributed by atoms with E-state index in [1.54, 1.807) is 11.9 Å². The van der Waals surface area contributed by atoms with Gasteiger partial charge in [-0.25, -0.2) is 0 Å². The first-order valence-electron chi connectivity index (χ1n) is 9.69. The predicted octanol–water partition coefficient (Wildman–Crippen LogP) is 2.80.